The molecule has 248 valence electrons. The summed E-state index contributed by atoms with van der Waals surface area (Å²) in [6.45, 7) is 6.02. The average Bonchev–Trinajstić information content (AvgIpc) is 3.60. The quantitative estimate of drug-likeness (QED) is 0.0950. The third-order valence-electron chi connectivity index (χ3n) is 8.48. The Morgan fingerprint density at radius 3 is 2.11 bits per heavy atom. The number of esters is 1. The van der Waals surface area contributed by atoms with E-state index < -0.39 is 40.0 Å². The number of non-ortho nitro benzene ring substituents is 2. The first-order valence-electron chi connectivity index (χ1n) is 14.9. The van der Waals surface area contributed by atoms with Crippen LogP contribution >= 0.6 is 11.8 Å². The number of amides is 2. The number of aliphatic hydroxyl groups excluding tert-OH is 1. The zero-order valence-electron chi connectivity index (χ0n) is 25.8. The van der Waals surface area contributed by atoms with Gasteiger partial charge in [0.1, 0.15) is 24.7 Å². The minimum atomic E-state index is -0.895. The molecule has 15 nitrogen and oxygen atoms in total. The molecule has 47 heavy (non-hydrogen) atoms. The first kappa shape index (κ1) is 33.5. The van der Waals surface area contributed by atoms with Gasteiger partial charge in [0, 0.05) is 53.4 Å². The molecule has 0 spiro atoms. The van der Waals surface area contributed by atoms with Crippen LogP contribution in [0.15, 0.2) is 64.1 Å². The number of aliphatic hydroxyl groups is 1. The Morgan fingerprint density at radius 1 is 1.02 bits per heavy atom. The molecule has 3 aliphatic rings. The van der Waals surface area contributed by atoms with Gasteiger partial charge in [0.2, 0.25) is 5.91 Å². The summed E-state index contributed by atoms with van der Waals surface area (Å²) in [6, 6.07) is 10.9. The topological polar surface area (TPSA) is 195 Å². The van der Waals surface area contributed by atoms with Gasteiger partial charge < -0.3 is 24.4 Å². The molecule has 2 aromatic rings. The Bertz CT molecular complexity index is 1640. The van der Waals surface area contributed by atoms with Crippen molar-refractivity contribution in [1.29, 1.82) is 0 Å². The number of hydrogen-bond acceptors (Lipinski definition) is 11. The summed E-state index contributed by atoms with van der Waals surface area (Å²) in [7, 11) is 0. The summed E-state index contributed by atoms with van der Waals surface area (Å²) in [5.41, 5.74) is 1.12. The average molecular weight is 668 g/mol. The van der Waals surface area contributed by atoms with Crippen LogP contribution in [0.25, 0.3) is 0 Å². The van der Waals surface area contributed by atoms with Crippen molar-refractivity contribution in [2.75, 3.05) is 13.1 Å². The van der Waals surface area contributed by atoms with Gasteiger partial charge >= 0.3 is 12.1 Å². The van der Waals surface area contributed by atoms with Crippen molar-refractivity contribution in [1.82, 2.24) is 9.80 Å². The van der Waals surface area contributed by atoms with Gasteiger partial charge in [0.15, 0.2) is 0 Å². The number of rotatable bonds is 10. The van der Waals surface area contributed by atoms with Gasteiger partial charge in [-0.25, -0.2) is 9.59 Å². The molecule has 1 N–H and O–H groups in total. The summed E-state index contributed by atoms with van der Waals surface area (Å²) in [6.07, 6.45) is -0.988. The monoisotopic (exact) mass is 667 g/mol. The number of carbonyl (C=O) groups is 3. The summed E-state index contributed by atoms with van der Waals surface area (Å²) >= 11 is 1.47. The second-order valence-electron chi connectivity index (χ2n) is 11.6. The lowest BCUT2D eigenvalue weighted by Gasteiger charge is -2.46. The first-order valence-corrected chi connectivity index (χ1v) is 15.8. The largest absolute Gasteiger partial charge is 0.456 e. The van der Waals surface area contributed by atoms with Crippen LogP contribution in [0.3, 0.4) is 0 Å². The third-order valence-corrected chi connectivity index (χ3v) is 10.0. The minimum Gasteiger partial charge on any atom is -0.456 e. The lowest BCUT2D eigenvalue weighted by molar-refractivity contribution is -0.385. The van der Waals surface area contributed by atoms with Crippen molar-refractivity contribution >= 4 is 46.9 Å². The van der Waals surface area contributed by atoms with E-state index in [1.807, 2.05) is 11.8 Å². The SMILES string of the molecule is CC(=NC(=O)OCc1ccc([N+](=O)[O-])cc1)N1CC[C@@H](SC2=C(C(=O)OCc3ccc([N+](=O)[O-])cc3)N3C(=O)[C@H]([C@@H](C)O)[C@@H]3[C@@H]2C)C1. The van der Waals surface area contributed by atoms with Crippen LogP contribution in [0, 0.1) is 32.1 Å². The van der Waals surface area contributed by atoms with Crippen molar-refractivity contribution in [2.24, 2.45) is 16.8 Å². The molecule has 16 heteroatoms. The maximum Gasteiger partial charge on any atom is 0.435 e. The second kappa shape index (κ2) is 13.9. The normalized spacial score (nSPS) is 22.9. The second-order valence-corrected chi connectivity index (χ2v) is 12.9. The fourth-order valence-corrected chi connectivity index (χ4v) is 7.48. The van der Waals surface area contributed by atoms with E-state index in [9.17, 15) is 39.7 Å². The number of β-lactam (4-membered cyclic amide) rings is 1. The summed E-state index contributed by atoms with van der Waals surface area (Å²) in [5.74, 6) is -1.48. The maximum absolute atomic E-state index is 13.5. The van der Waals surface area contributed by atoms with Gasteiger partial charge in [0.25, 0.3) is 11.4 Å². The highest BCUT2D eigenvalue weighted by Gasteiger charge is 2.60. The van der Waals surface area contributed by atoms with Gasteiger partial charge in [0.05, 0.1) is 27.9 Å². The van der Waals surface area contributed by atoms with Gasteiger partial charge in [-0.05, 0) is 55.7 Å². The molecule has 0 saturated carbocycles. The molecule has 0 aromatic heterocycles. The fourth-order valence-electron chi connectivity index (χ4n) is 5.99. The zero-order chi connectivity index (χ0) is 34.0. The number of amidine groups is 1. The summed E-state index contributed by atoms with van der Waals surface area (Å²) < 4.78 is 10.8. The van der Waals surface area contributed by atoms with Crippen LogP contribution in [0.5, 0.6) is 0 Å². The molecule has 5 rings (SSSR count). The Hall–Kier alpha value is -4.83. The predicted molar refractivity (Wildman–Crippen MR) is 169 cm³/mol. The third kappa shape index (κ3) is 7.12. The molecule has 2 fully saturated rings. The van der Waals surface area contributed by atoms with E-state index in [0.29, 0.717) is 41.4 Å². The number of hydrogen-bond donors (Lipinski definition) is 1. The number of thioether (sulfide) groups is 1. The Kier molecular flexibility index (Phi) is 9.91. The van der Waals surface area contributed by atoms with Crippen LogP contribution in [0.4, 0.5) is 16.2 Å². The van der Waals surface area contributed by atoms with Crippen molar-refractivity contribution < 1.29 is 38.8 Å². The number of carbonyl (C=O) groups excluding carboxylic acids is 3. The molecular formula is C31H33N5O10S. The minimum absolute atomic E-state index is 0.00926. The van der Waals surface area contributed by atoms with E-state index in [4.69, 9.17) is 9.47 Å². The van der Waals surface area contributed by atoms with Gasteiger partial charge in [-0.15, -0.1) is 11.8 Å². The molecule has 2 amide bonds. The molecule has 0 unspecified atom stereocenters. The molecule has 0 aliphatic carbocycles. The highest BCUT2D eigenvalue weighted by molar-refractivity contribution is 8.03. The first-order chi connectivity index (χ1) is 22.3. The Balaban J connectivity index is 1.24. The molecule has 3 aliphatic heterocycles. The van der Waals surface area contributed by atoms with E-state index in [-0.39, 0.29) is 47.4 Å². The highest BCUT2D eigenvalue weighted by atomic mass is 32.2. The smallest absolute Gasteiger partial charge is 0.435 e. The van der Waals surface area contributed by atoms with E-state index in [1.54, 1.807) is 13.8 Å². The van der Waals surface area contributed by atoms with Crippen molar-refractivity contribution in [3.63, 3.8) is 0 Å². The molecule has 3 heterocycles. The van der Waals surface area contributed by atoms with Crippen LogP contribution in [-0.2, 0) is 32.3 Å². The highest BCUT2D eigenvalue weighted by Crippen LogP contribution is 2.52. The molecule has 0 bridgehead atoms. The van der Waals surface area contributed by atoms with Crippen molar-refractivity contribution in [3.05, 3.63) is 90.5 Å². The van der Waals surface area contributed by atoms with Gasteiger partial charge in [-0.3, -0.25) is 25.0 Å². The summed E-state index contributed by atoms with van der Waals surface area (Å²) in [5, 5.41) is 32.1. The van der Waals surface area contributed by atoms with Crippen LogP contribution in [0.1, 0.15) is 38.3 Å². The summed E-state index contributed by atoms with van der Waals surface area (Å²) in [4.78, 5) is 67.8. The van der Waals surface area contributed by atoms with Crippen LogP contribution in [-0.4, -0.2) is 79.0 Å². The molecular weight excluding hydrogens is 634 g/mol. The van der Waals surface area contributed by atoms with Gasteiger partial charge in [-0.1, -0.05) is 6.92 Å². The van der Waals surface area contributed by atoms with Crippen molar-refractivity contribution in [3.8, 4) is 0 Å². The predicted octanol–water partition coefficient (Wildman–Crippen LogP) is 4.18. The van der Waals surface area contributed by atoms with Crippen LogP contribution in [0.2, 0.25) is 0 Å². The maximum atomic E-state index is 13.5. The number of likely N-dealkylation sites (tertiary alicyclic amines) is 1. The van der Waals surface area contributed by atoms with Crippen LogP contribution < -0.4 is 0 Å². The van der Waals surface area contributed by atoms with Crippen molar-refractivity contribution in [2.45, 2.75) is 57.8 Å². The Labute approximate surface area is 273 Å². The lowest BCUT2D eigenvalue weighted by Crippen LogP contribution is -2.63. The number of aliphatic imine (C=N–C) groups is 1. The Morgan fingerprint density at radius 2 is 1.57 bits per heavy atom. The van der Waals surface area contributed by atoms with E-state index >= 15 is 0 Å². The fraction of sp³-hybridized carbons (Fsp3) is 0.419. The number of nitrogens with zero attached hydrogens (tertiary/aromatic N) is 5. The number of fused-ring (bicyclic) bond motifs is 1. The van der Waals surface area contributed by atoms with E-state index in [0.717, 1.165) is 0 Å². The standard InChI is InChI=1S/C31H33N5O10S/c1-17-26-25(18(2)37)29(38)34(26)27(30(39)45-15-20-4-8-22(9-5-20)35(41)42)28(17)47-24-12-13-33(14-24)19(3)32-31(40)46-16-21-6-10-23(11-7-21)36(43)44/h4-11,17-18,24-26,37H,12-16H2,1-3H3/t17-,18+,24+,25+,26-/m0/s1. The number of ether oxygens (including phenoxy) is 2. The molecule has 2 aromatic carbocycles. The lowest BCUT2D eigenvalue weighted by atomic mass is 9.79. The molecule has 5 atom stereocenters. The zero-order valence-corrected chi connectivity index (χ0v) is 26.6. The van der Waals surface area contributed by atoms with E-state index in [2.05, 4.69) is 4.99 Å². The number of nitro groups is 2. The number of nitro benzene ring substituents is 2. The molecule has 2 saturated heterocycles. The van der Waals surface area contributed by atoms with E-state index in [1.165, 1.54) is 65.2 Å². The number of benzene rings is 2. The van der Waals surface area contributed by atoms with Gasteiger partial charge in [-0.2, -0.15) is 4.99 Å². The molecule has 0 radical (unpaired) electrons.